The van der Waals surface area contributed by atoms with Gasteiger partial charge in [0, 0.05) is 18.8 Å². The number of nitrogens with zero attached hydrogens (tertiary/aromatic N) is 1. The van der Waals surface area contributed by atoms with Crippen LogP contribution in [0.5, 0.6) is 0 Å². The van der Waals surface area contributed by atoms with Crippen LogP contribution in [-0.4, -0.2) is 24.1 Å². The first-order valence-corrected chi connectivity index (χ1v) is 6.45. The SMILES string of the molecule is C[C@@H]1CCN[C@H](CNc2ccc(C(F)(F)F)cn2)C1. The average Bonchev–Trinajstić information content (AvgIpc) is 2.36. The molecule has 0 aliphatic carbocycles. The molecule has 106 valence electrons. The Morgan fingerprint density at radius 3 is 2.79 bits per heavy atom. The first-order valence-electron chi connectivity index (χ1n) is 6.45. The van der Waals surface area contributed by atoms with Crippen molar-refractivity contribution in [1.82, 2.24) is 10.3 Å². The number of nitrogens with one attached hydrogen (secondary N) is 2. The molecule has 1 saturated heterocycles. The summed E-state index contributed by atoms with van der Waals surface area (Å²) in [5.41, 5.74) is -0.720. The second-order valence-corrected chi connectivity index (χ2v) is 5.09. The van der Waals surface area contributed by atoms with Crippen LogP contribution in [0, 0.1) is 5.92 Å². The molecule has 0 bridgehead atoms. The van der Waals surface area contributed by atoms with E-state index in [1.54, 1.807) is 0 Å². The van der Waals surface area contributed by atoms with Crippen molar-refractivity contribution in [3.05, 3.63) is 23.9 Å². The van der Waals surface area contributed by atoms with Gasteiger partial charge < -0.3 is 10.6 Å². The molecular weight excluding hydrogens is 255 g/mol. The van der Waals surface area contributed by atoms with E-state index in [9.17, 15) is 13.2 Å². The van der Waals surface area contributed by atoms with Gasteiger partial charge in [0.25, 0.3) is 0 Å². The summed E-state index contributed by atoms with van der Waals surface area (Å²) in [6.45, 7) is 3.89. The van der Waals surface area contributed by atoms with E-state index in [0.29, 0.717) is 24.3 Å². The van der Waals surface area contributed by atoms with E-state index in [1.165, 1.54) is 12.5 Å². The highest BCUT2D eigenvalue weighted by molar-refractivity contribution is 5.36. The summed E-state index contributed by atoms with van der Waals surface area (Å²) in [6, 6.07) is 2.77. The lowest BCUT2D eigenvalue weighted by Crippen LogP contribution is -2.41. The number of rotatable bonds is 3. The van der Waals surface area contributed by atoms with Crippen molar-refractivity contribution >= 4 is 5.82 Å². The molecule has 0 aromatic carbocycles. The molecule has 1 aromatic rings. The van der Waals surface area contributed by atoms with Gasteiger partial charge in [0.2, 0.25) is 0 Å². The van der Waals surface area contributed by atoms with Crippen molar-refractivity contribution in [2.75, 3.05) is 18.4 Å². The Hall–Kier alpha value is -1.30. The molecule has 2 N–H and O–H groups in total. The van der Waals surface area contributed by atoms with E-state index < -0.39 is 11.7 Å². The monoisotopic (exact) mass is 273 g/mol. The molecule has 2 rings (SSSR count). The fraction of sp³-hybridized carbons (Fsp3) is 0.615. The third kappa shape index (κ3) is 4.09. The van der Waals surface area contributed by atoms with Crippen molar-refractivity contribution in [1.29, 1.82) is 0 Å². The number of hydrogen-bond acceptors (Lipinski definition) is 3. The Bertz CT molecular complexity index is 403. The number of aromatic nitrogens is 1. The summed E-state index contributed by atoms with van der Waals surface area (Å²) >= 11 is 0. The maximum Gasteiger partial charge on any atom is 0.417 e. The zero-order chi connectivity index (χ0) is 13.9. The molecule has 0 radical (unpaired) electrons. The Morgan fingerprint density at radius 2 is 2.21 bits per heavy atom. The van der Waals surface area contributed by atoms with Crippen molar-refractivity contribution in [2.45, 2.75) is 32.0 Å². The smallest absolute Gasteiger partial charge is 0.369 e. The van der Waals surface area contributed by atoms with Crippen molar-refractivity contribution in [3.8, 4) is 0 Å². The van der Waals surface area contributed by atoms with Gasteiger partial charge in [-0.3, -0.25) is 0 Å². The third-order valence-corrected chi connectivity index (χ3v) is 3.38. The Morgan fingerprint density at radius 1 is 1.42 bits per heavy atom. The molecular formula is C13H18F3N3. The summed E-state index contributed by atoms with van der Waals surface area (Å²) < 4.78 is 37.1. The van der Waals surface area contributed by atoms with Crippen molar-refractivity contribution in [2.24, 2.45) is 5.92 Å². The number of anilines is 1. The first kappa shape index (κ1) is 14.1. The van der Waals surface area contributed by atoms with E-state index in [0.717, 1.165) is 25.2 Å². The number of piperidine rings is 1. The molecule has 0 spiro atoms. The van der Waals surface area contributed by atoms with Crippen LogP contribution in [0.4, 0.5) is 19.0 Å². The van der Waals surface area contributed by atoms with Gasteiger partial charge in [-0.15, -0.1) is 0 Å². The van der Waals surface area contributed by atoms with Gasteiger partial charge in [-0.1, -0.05) is 6.92 Å². The maximum atomic E-state index is 12.4. The van der Waals surface area contributed by atoms with Gasteiger partial charge >= 0.3 is 6.18 Å². The lowest BCUT2D eigenvalue weighted by Gasteiger charge is -2.28. The van der Waals surface area contributed by atoms with Crippen LogP contribution in [-0.2, 0) is 6.18 Å². The molecule has 0 amide bonds. The van der Waals surface area contributed by atoms with Crippen molar-refractivity contribution < 1.29 is 13.2 Å². The lowest BCUT2D eigenvalue weighted by atomic mass is 9.94. The molecule has 1 aliphatic rings. The summed E-state index contributed by atoms with van der Waals surface area (Å²) in [6.07, 6.45) is -1.21. The van der Waals surface area contributed by atoms with Gasteiger partial charge in [0.05, 0.1) is 5.56 Å². The van der Waals surface area contributed by atoms with E-state index in [-0.39, 0.29) is 0 Å². The molecule has 1 aromatic heterocycles. The van der Waals surface area contributed by atoms with Crippen LogP contribution in [0.25, 0.3) is 0 Å². The molecule has 19 heavy (non-hydrogen) atoms. The second kappa shape index (κ2) is 5.77. The minimum absolute atomic E-state index is 0.354. The van der Waals surface area contributed by atoms with Crippen LogP contribution in [0.2, 0.25) is 0 Å². The number of halogens is 3. The number of alkyl halides is 3. The molecule has 2 atom stereocenters. The van der Waals surface area contributed by atoms with Gasteiger partial charge in [0.15, 0.2) is 0 Å². The van der Waals surface area contributed by atoms with E-state index in [4.69, 9.17) is 0 Å². The van der Waals surface area contributed by atoms with Crippen LogP contribution in [0.1, 0.15) is 25.3 Å². The zero-order valence-electron chi connectivity index (χ0n) is 10.8. The highest BCUT2D eigenvalue weighted by Gasteiger charge is 2.30. The van der Waals surface area contributed by atoms with Gasteiger partial charge in [-0.25, -0.2) is 4.98 Å². The van der Waals surface area contributed by atoms with Crippen LogP contribution in [0.15, 0.2) is 18.3 Å². The molecule has 0 saturated carbocycles. The van der Waals surface area contributed by atoms with Gasteiger partial charge in [-0.05, 0) is 37.4 Å². The standard InChI is InChI=1S/C13H18F3N3/c1-9-4-5-17-11(6-9)8-19-12-3-2-10(7-18-12)13(14,15)16/h2-3,7,9,11,17H,4-6,8H2,1H3,(H,18,19)/t9-,11+/m1/s1. The lowest BCUT2D eigenvalue weighted by molar-refractivity contribution is -0.137. The summed E-state index contributed by atoms with van der Waals surface area (Å²) in [5.74, 6) is 1.17. The summed E-state index contributed by atoms with van der Waals surface area (Å²) in [4.78, 5) is 3.79. The van der Waals surface area contributed by atoms with Gasteiger partial charge in [-0.2, -0.15) is 13.2 Å². The quantitative estimate of drug-likeness (QED) is 0.889. The minimum Gasteiger partial charge on any atom is -0.369 e. The molecule has 2 heterocycles. The van der Waals surface area contributed by atoms with Crippen LogP contribution < -0.4 is 10.6 Å². The second-order valence-electron chi connectivity index (χ2n) is 5.09. The Balaban J connectivity index is 1.86. The highest BCUT2D eigenvalue weighted by atomic mass is 19.4. The van der Waals surface area contributed by atoms with E-state index in [2.05, 4.69) is 22.5 Å². The molecule has 3 nitrogen and oxygen atoms in total. The van der Waals surface area contributed by atoms with Crippen LogP contribution >= 0.6 is 0 Å². The minimum atomic E-state index is -4.33. The number of pyridine rings is 1. The van der Waals surface area contributed by atoms with Crippen molar-refractivity contribution in [3.63, 3.8) is 0 Å². The largest absolute Gasteiger partial charge is 0.417 e. The fourth-order valence-electron chi connectivity index (χ4n) is 2.27. The van der Waals surface area contributed by atoms with Crippen LogP contribution in [0.3, 0.4) is 0 Å². The summed E-state index contributed by atoms with van der Waals surface area (Å²) in [5, 5.41) is 6.46. The average molecular weight is 273 g/mol. The topological polar surface area (TPSA) is 37.0 Å². The maximum absolute atomic E-state index is 12.4. The first-order chi connectivity index (χ1) is 8.95. The highest BCUT2D eigenvalue weighted by Crippen LogP contribution is 2.28. The Kier molecular flexibility index (Phi) is 4.29. The van der Waals surface area contributed by atoms with Gasteiger partial charge in [0.1, 0.15) is 5.82 Å². The third-order valence-electron chi connectivity index (χ3n) is 3.38. The summed E-state index contributed by atoms with van der Waals surface area (Å²) in [7, 11) is 0. The normalized spacial score (nSPS) is 24.2. The molecule has 6 heteroatoms. The molecule has 1 fully saturated rings. The molecule has 1 aliphatic heterocycles. The fourth-order valence-corrected chi connectivity index (χ4v) is 2.27. The van der Waals surface area contributed by atoms with E-state index >= 15 is 0 Å². The number of hydrogen-bond donors (Lipinski definition) is 2. The van der Waals surface area contributed by atoms with E-state index in [1.807, 2.05) is 0 Å². The zero-order valence-corrected chi connectivity index (χ0v) is 10.8. The molecule has 0 unspecified atom stereocenters. The Labute approximate surface area is 110 Å². The predicted molar refractivity (Wildman–Crippen MR) is 67.9 cm³/mol. The predicted octanol–water partition coefficient (Wildman–Crippen LogP) is 2.90.